The monoisotopic (exact) mass is 277 g/mol. The van der Waals surface area contributed by atoms with Crippen molar-refractivity contribution in [2.24, 2.45) is 5.41 Å². The molecule has 0 radical (unpaired) electrons. The van der Waals surface area contributed by atoms with Crippen molar-refractivity contribution in [3.8, 4) is 5.75 Å². The zero-order valence-corrected chi connectivity index (χ0v) is 12.9. The number of benzene rings is 1. The van der Waals surface area contributed by atoms with Crippen LogP contribution in [0, 0.1) is 5.41 Å². The van der Waals surface area contributed by atoms with E-state index in [9.17, 15) is 0 Å². The van der Waals surface area contributed by atoms with Crippen molar-refractivity contribution in [3.63, 3.8) is 0 Å². The molecule has 3 nitrogen and oxygen atoms in total. The van der Waals surface area contributed by atoms with Crippen LogP contribution < -0.4 is 10.1 Å². The van der Waals surface area contributed by atoms with Crippen molar-refractivity contribution in [1.29, 1.82) is 0 Å². The van der Waals surface area contributed by atoms with Gasteiger partial charge in [-0.2, -0.15) is 0 Å². The molecule has 1 aromatic carbocycles. The lowest BCUT2D eigenvalue weighted by Gasteiger charge is -2.33. The van der Waals surface area contributed by atoms with E-state index in [2.05, 4.69) is 44.3 Å². The smallest absolute Gasteiger partial charge is 0.120 e. The van der Waals surface area contributed by atoms with Crippen LogP contribution in [0.3, 0.4) is 0 Å². The highest BCUT2D eigenvalue weighted by molar-refractivity contribution is 5.28. The Kier molecular flexibility index (Phi) is 5.44. The maximum Gasteiger partial charge on any atom is 0.120 e. The summed E-state index contributed by atoms with van der Waals surface area (Å²) in [6.45, 7) is 10.2. The van der Waals surface area contributed by atoms with Gasteiger partial charge in [-0.15, -0.1) is 0 Å². The first-order chi connectivity index (χ1) is 9.57. The lowest BCUT2D eigenvalue weighted by Crippen LogP contribution is -2.36. The highest BCUT2D eigenvalue weighted by atomic mass is 16.5. The average molecular weight is 277 g/mol. The van der Waals surface area contributed by atoms with E-state index >= 15 is 0 Å². The second-order valence-corrected chi connectivity index (χ2v) is 6.34. The number of hydrogen-bond donors (Lipinski definition) is 1. The van der Waals surface area contributed by atoms with Gasteiger partial charge < -0.3 is 14.8 Å². The molecule has 20 heavy (non-hydrogen) atoms. The van der Waals surface area contributed by atoms with Crippen LogP contribution in [0.4, 0.5) is 0 Å². The lowest BCUT2D eigenvalue weighted by atomic mass is 9.82. The Balaban J connectivity index is 1.81. The SMILES string of the molecule is CC(C)Oc1cccc(CNCC2(C)CCOCC2)c1. The van der Waals surface area contributed by atoms with Gasteiger partial charge >= 0.3 is 0 Å². The molecule has 0 amide bonds. The van der Waals surface area contributed by atoms with Gasteiger partial charge in [0.1, 0.15) is 5.75 Å². The molecule has 1 heterocycles. The predicted molar refractivity (Wildman–Crippen MR) is 82.1 cm³/mol. The largest absolute Gasteiger partial charge is 0.491 e. The van der Waals surface area contributed by atoms with Gasteiger partial charge in [-0.3, -0.25) is 0 Å². The summed E-state index contributed by atoms with van der Waals surface area (Å²) in [5, 5.41) is 3.58. The fraction of sp³-hybridized carbons (Fsp3) is 0.647. The van der Waals surface area contributed by atoms with Crippen LogP contribution in [0.5, 0.6) is 5.75 Å². The van der Waals surface area contributed by atoms with Crippen molar-refractivity contribution < 1.29 is 9.47 Å². The molecule has 0 saturated carbocycles. The van der Waals surface area contributed by atoms with E-state index in [1.807, 2.05) is 6.07 Å². The molecule has 0 unspecified atom stereocenters. The van der Waals surface area contributed by atoms with Crippen molar-refractivity contribution in [3.05, 3.63) is 29.8 Å². The molecule has 1 aliphatic heterocycles. The van der Waals surface area contributed by atoms with Crippen LogP contribution in [0.2, 0.25) is 0 Å². The molecule has 0 spiro atoms. The molecule has 2 rings (SSSR count). The van der Waals surface area contributed by atoms with Gasteiger partial charge in [0, 0.05) is 26.3 Å². The summed E-state index contributed by atoms with van der Waals surface area (Å²) >= 11 is 0. The number of hydrogen-bond acceptors (Lipinski definition) is 3. The van der Waals surface area contributed by atoms with Gasteiger partial charge in [0.15, 0.2) is 0 Å². The third-order valence-corrected chi connectivity index (χ3v) is 3.85. The number of ether oxygens (including phenoxy) is 2. The summed E-state index contributed by atoms with van der Waals surface area (Å²) in [4.78, 5) is 0. The summed E-state index contributed by atoms with van der Waals surface area (Å²) in [5.41, 5.74) is 1.66. The molecular weight excluding hydrogens is 250 g/mol. The second kappa shape index (κ2) is 7.09. The van der Waals surface area contributed by atoms with E-state index < -0.39 is 0 Å². The molecule has 1 fully saturated rings. The zero-order chi connectivity index (χ0) is 14.4. The topological polar surface area (TPSA) is 30.5 Å². The van der Waals surface area contributed by atoms with E-state index in [-0.39, 0.29) is 6.10 Å². The zero-order valence-electron chi connectivity index (χ0n) is 12.9. The van der Waals surface area contributed by atoms with Crippen LogP contribution in [0.1, 0.15) is 39.2 Å². The van der Waals surface area contributed by atoms with Gasteiger partial charge in [0.05, 0.1) is 6.10 Å². The molecule has 0 bridgehead atoms. The van der Waals surface area contributed by atoms with Crippen molar-refractivity contribution in [2.75, 3.05) is 19.8 Å². The standard InChI is InChI=1S/C17H27NO2/c1-14(2)20-16-6-4-5-15(11-16)12-18-13-17(3)7-9-19-10-8-17/h4-6,11,14,18H,7-10,12-13H2,1-3H3. The van der Waals surface area contributed by atoms with Gasteiger partial charge in [-0.1, -0.05) is 19.1 Å². The minimum atomic E-state index is 0.222. The summed E-state index contributed by atoms with van der Waals surface area (Å²) in [5.74, 6) is 0.955. The van der Waals surface area contributed by atoms with Crippen molar-refractivity contribution in [1.82, 2.24) is 5.32 Å². The maximum atomic E-state index is 5.73. The van der Waals surface area contributed by atoms with Crippen molar-refractivity contribution in [2.45, 2.75) is 46.3 Å². The quantitative estimate of drug-likeness (QED) is 0.864. The molecule has 1 aromatic rings. The molecule has 0 aromatic heterocycles. The van der Waals surface area contributed by atoms with Crippen molar-refractivity contribution >= 4 is 0 Å². The molecule has 1 N–H and O–H groups in total. The predicted octanol–water partition coefficient (Wildman–Crippen LogP) is 3.38. The fourth-order valence-corrected chi connectivity index (χ4v) is 2.55. The molecule has 0 aliphatic carbocycles. The van der Waals surface area contributed by atoms with Gasteiger partial charge in [-0.05, 0) is 49.8 Å². The Morgan fingerprint density at radius 2 is 2.05 bits per heavy atom. The van der Waals surface area contributed by atoms with Gasteiger partial charge in [0.25, 0.3) is 0 Å². The maximum absolute atomic E-state index is 5.73. The third kappa shape index (κ3) is 4.80. The van der Waals surface area contributed by atoms with E-state index in [4.69, 9.17) is 9.47 Å². The highest BCUT2D eigenvalue weighted by Gasteiger charge is 2.26. The Labute approximate surface area is 122 Å². The molecule has 1 aliphatic rings. The highest BCUT2D eigenvalue weighted by Crippen LogP contribution is 2.28. The van der Waals surface area contributed by atoms with Crippen LogP contribution in [0.25, 0.3) is 0 Å². The summed E-state index contributed by atoms with van der Waals surface area (Å²) in [6.07, 6.45) is 2.52. The van der Waals surface area contributed by atoms with E-state index in [0.717, 1.165) is 44.9 Å². The Hall–Kier alpha value is -1.06. The van der Waals surface area contributed by atoms with Crippen LogP contribution in [-0.4, -0.2) is 25.9 Å². The lowest BCUT2D eigenvalue weighted by molar-refractivity contribution is 0.0240. The van der Waals surface area contributed by atoms with E-state index in [1.54, 1.807) is 0 Å². The van der Waals surface area contributed by atoms with E-state index in [0.29, 0.717) is 5.41 Å². The summed E-state index contributed by atoms with van der Waals surface area (Å²) in [6, 6.07) is 8.35. The van der Waals surface area contributed by atoms with Crippen LogP contribution in [0.15, 0.2) is 24.3 Å². The first-order valence-electron chi connectivity index (χ1n) is 7.61. The molecule has 112 valence electrons. The molecule has 1 saturated heterocycles. The third-order valence-electron chi connectivity index (χ3n) is 3.85. The molecule has 3 heteroatoms. The first kappa shape index (κ1) is 15.3. The average Bonchev–Trinajstić information content (AvgIpc) is 2.39. The first-order valence-corrected chi connectivity index (χ1v) is 7.61. The minimum Gasteiger partial charge on any atom is -0.491 e. The van der Waals surface area contributed by atoms with Gasteiger partial charge in [-0.25, -0.2) is 0 Å². The Morgan fingerprint density at radius 3 is 2.75 bits per heavy atom. The summed E-state index contributed by atoms with van der Waals surface area (Å²) in [7, 11) is 0. The number of nitrogens with one attached hydrogen (secondary N) is 1. The van der Waals surface area contributed by atoms with Crippen LogP contribution >= 0.6 is 0 Å². The Bertz CT molecular complexity index is 411. The normalized spacial score (nSPS) is 18.2. The Morgan fingerprint density at radius 1 is 1.30 bits per heavy atom. The second-order valence-electron chi connectivity index (χ2n) is 6.34. The summed E-state index contributed by atoms with van der Waals surface area (Å²) < 4.78 is 11.2. The molecule has 0 atom stereocenters. The van der Waals surface area contributed by atoms with Gasteiger partial charge in [0.2, 0.25) is 0 Å². The number of rotatable bonds is 6. The minimum absolute atomic E-state index is 0.222. The molecular formula is C17H27NO2. The van der Waals surface area contributed by atoms with Crippen LogP contribution in [-0.2, 0) is 11.3 Å². The van der Waals surface area contributed by atoms with E-state index in [1.165, 1.54) is 5.56 Å². The fourth-order valence-electron chi connectivity index (χ4n) is 2.55.